The molecule has 7 heteroatoms. The van der Waals surface area contributed by atoms with Crippen molar-refractivity contribution < 1.29 is 9.53 Å². The molecule has 1 heterocycles. The Morgan fingerprint density at radius 2 is 1.71 bits per heavy atom. The van der Waals surface area contributed by atoms with Gasteiger partial charge in [-0.05, 0) is 49.6 Å². The van der Waals surface area contributed by atoms with Crippen LogP contribution in [0.5, 0.6) is 5.75 Å². The summed E-state index contributed by atoms with van der Waals surface area (Å²) in [6, 6.07) is 27.3. The quantitative estimate of drug-likeness (QED) is 0.303. The summed E-state index contributed by atoms with van der Waals surface area (Å²) in [7, 11) is 0. The number of rotatable bonds is 9. The number of carbonyl (C=O) groups excluding carboxylic acids is 1. The summed E-state index contributed by atoms with van der Waals surface area (Å²) < 4.78 is 7.61. The Labute approximate surface area is 203 Å². The van der Waals surface area contributed by atoms with Crippen molar-refractivity contribution in [3.63, 3.8) is 0 Å². The van der Waals surface area contributed by atoms with Gasteiger partial charge in [-0.3, -0.25) is 4.79 Å². The molecule has 0 bridgehead atoms. The minimum absolute atomic E-state index is 0.146. The van der Waals surface area contributed by atoms with Gasteiger partial charge < -0.3 is 10.1 Å². The summed E-state index contributed by atoms with van der Waals surface area (Å²) in [4.78, 5) is 18.4. The average Bonchev–Trinajstić information content (AvgIpc) is 3.64. The van der Waals surface area contributed by atoms with Crippen LogP contribution in [0.15, 0.2) is 90.1 Å². The number of hydrogen-bond donors (Lipinski definition) is 1. The number of ether oxygens (including phenoxy) is 1. The molecule has 0 radical (unpaired) electrons. The second-order valence-electron chi connectivity index (χ2n) is 8.10. The van der Waals surface area contributed by atoms with E-state index in [9.17, 15) is 4.79 Å². The van der Waals surface area contributed by atoms with Crippen LogP contribution >= 0.6 is 11.8 Å². The second kappa shape index (κ2) is 10.1. The first kappa shape index (κ1) is 22.2. The van der Waals surface area contributed by atoms with Gasteiger partial charge in [-0.2, -0.15) is 0 Å². The fraction of sp³-hybridized carbons (Fsp3) is 0.222. The SMILES string of the molecule is CCOc1ccccc1NC(=O)[C@H](Sc1nc(C2CC2)n(-c2ccccc2)n1)c1ccccc1. The molecule has 1 N–H and O–H groups in total. The van der Waals surface area contributed by atoms with Gasteiger partial charge in [0.1, 0.15) is 16.8 Å². The van der Waals surface area contributed by atoms with Crippen LogP contribution in [0.4, 0.5) is 5.69 Å². The Bertz CT molecular complexity index is 1260. The van der Waals surface area contributed by atoms with E-state index < -0.39 is 5.25 Å². The van der Waals surface area contributed by atoms with Crippen molar-refractivity contribution in [3.8, 4) is 11.4 Å². The van der Waals surface area contributed by atoms with Crippen molar-refractivity contribution >= 4 is 23.4 Å². The smallest absolute Gasteiger partial charge is 0.242 e. The number of carbonyl (C=O) groups is 1. The molecule has 1 saturated carbocycles. The predicted molar refractivity (Wildman–Crippen MR) is 135 cm³/mol. The van der Waals surface area contributed by atoms with Gasteiger partial charge in [-0.1, -0.05) is 72.4 Å². The van der Waals surface area contributed by atoms with Crippen LogP contribution in [-0.2, 0) is 4.79 Å². The number of nitrogens with one attached hydrogen (secondary N) is 1. The monoisotopic (exact) mass is 470 g/mol. The molecule has 1 aromatic heterocycles. The number of nitrogens with zero attached hydrogens (tertiary/aromatic N) is 3. The molecule has 0 saturated heterocycles. The molecule has 0 spiro atoms. The Hall–Kier alpha value is -3.58. The van der Waals surface area contributed by atoms with Crippen LogP contribution in [0.25, 0.3) is 5.69 Å². The average molecular weight is 471 g/mol. The standard InChI is InChI=1S/C27H26N4O2S/c1-2-33-23-16-10-9-15-22(23)28-26(32)24(19-11-5-3-6-12-19)34-27-29-25(20-17-18-20)31(30-27)21-13-7-4-8-14-21/h3-16,20,24H,2,17-18H2,1H3,(H,28,32)/t24-/m1/s1. The zero-order valence-corrected chi connectivity index (χ0v) is 19.7. The molecular formula is C27H26N4O2S. The zero-order chi connectivity index (χ0) is 23.3. The summed E-state index contributed by atoms with van der Waals surface area (Å²) in [5, 5.41) is 7.93. The lowest BCUT2D eigenvalue weighted by atomic mass is 10.1. The van der Waals surface area contributed by atoms with Crippen molar-refractivity contribution in [1.82, 2.24) is 14.8 Å². The third kappa shape index (κ3) is 4.99. The maximum atomic E-state index is 13.5. The number of thioether (sulfide) groups is 1. The third-order valence-electron chi connectivity index (χ3n) is 5.56. The van der Waals surface area contributed by atoms with Crippen molar-refractivity contribution in [2.45, 2.75) is 36.1 Å². The molecule has 4 aromatic rings. The number of anilines is 1. The van der Waals surface area contributed by atoms with Crippen molar-refractivity contribution in [1.29, 1.82) is 0 Å². The first-order chi connectivity index (χ1) is 16.7. The Morgan fingerprint density at radius 3 is 2.41 bits per heavy atom. The highest BCUT2D eigenvalue weighted by Crippen LogP contribution is 2.42. The van der Waals surface area contributed by atoms with E-state index in [1.807, 2.05) is 96.5 Å². The molecule has 1 fully saturated rings. The minimum atomic E-state index is -0.519. The van der Waals surface area contributed by atoms with E-state index in [2.05, 4.69) is 5.32 Å². The number of amides is 1. The molecule has 0 unspecified atom stereocenters. The summed E-state index contributed by atoms with van der Waals surface area (Å²) in [5.74, 6) is 1.89. The highest BCUT2D eigenvalue weighted by molar-refractivity contribution is 8.00. The van der Waals surface area contributed by atoms with Gasteiger partial charge in [0.2, 0.25) is 11.1 Å². The number of aromatic nitrogens is 3. The topological polar surface area (TPSA) is 69.0 Å². The molecular weight excluding hydrogens is 444 g/mol. The first-order valence-corrected chi connectivity index (χ1v) is 12.4. The molecule has 172 valence electrons. The minimum Gasteiger partial charge on any atom is -0.492 e. The number of hydrogen-bond acceptors (Lipinski definition) is 5. The Kier molecular flexibility index (Phi) is 6.62. The van der Waals surface area contributed by atoms with Crippen LogP contribution in [0.3, 0.4) is 0 Å². The van der Waals surface area contributed by atoms with E-state index in [1.165, 1.54) is 11.8 Å². The normalized spacial score (nSPS) is 13.9. The molecule has 34 heavy (non-hydrogen) atoms. The lowest BCUT2D eigenvalue weighted by Gasteiger charge is -2.17. The lowest BCUT2D eigenvalue weighted by molar-refractivity contribution is -0.115. The van der Waals surface area contributed by atoms with E-state index in [0.29, 0.717) is 29.1 Å². The van der Waals surface area contributed by atoms with Gasteiger partial charge in [0, 0.05) is 5.92 Å². The van der Waals surface area contributed by atoms with Crippen LogP contribution in [0.2, 0.25) is 0 Å². The maximum absolute atomic E-state index is 13.5. The second-order valence-corrected chi connectivity index (χ2v) is 9.17. The summed E-state index contributed by atoms with van der Waals surface area (Å²) in [5.41, 5.74) is 2.52. The molecule has 1 aliphatic carbocycles. The van der Waals surface area contributed by atoms with Gasteiger partial charge in [-0.25, -0.2) is 9.67 Å². The van der Waals surface area contributed by atoms with Crippen LogP contribution < -0.4 is 10.1 Å². The molecule has 1 atom stereocenters. The van der Waals surface area contributed by atoms with Gasteiger partial charge >= 0.3 is 0 Å². The molecule has 1 aliphatic rings. The van der Waals surface area contributed by atoms with E-state index in [-0.39, 0.29) is 5.91 Å². The molecule has 5 rings (SSSR count). The molecule has 1 amide bonds. The van der Waals surface area contributed by atoms with Crippen LogP contribution in [-0.4, -0.2) is 27.3 Å². The van der Waals surface area contributed by atoms with Crippen molar-refractivity contribution in [2.75, 3.05) is 11.9 Å². The zero-order valence-electron chi connectivity index (χ0n) is 18.9. The van der Waals surface area contributed by atoms with E-state index in [1.54, 1.807) is 0 Å². The van der Waals surface area contributed by atoms with E-state index in [0.717, 1.165) is 29.9 Å². The fourth-order valence-electron chi connectivity index (χ4n) is 3.78. The van der Waals surface area contributed by atoms with Crippen LogP contribution in [0.1, 0.15) is 42.3 Å². The highest BCUT2D eigenvalue weighted by Gasteiger charge is 2.32. The van der Waals surface area contributed by atoms with Gasteiger partial charge in [0.25, 0.3) is 0 Å². The van der Waals surface area contributed by atoms with E-state index in [4.69, 9.17) is 14.8 Å². The number of benzene rings is 3. The van der Waals surface area contributed by atoms with Crippen molar-refractivity contribution in [3.05, 3.63) is 96.3 Å². The third-order valence-corrected chi connectivity index (χ3v) is 6.67. The fourth-order valence-corrected chi connectivity index (χ4v) is 4.72. The largest absolute Gasteiger partial charge is 0.492 e. The summed E-state index contributed by atoms with van der Waals surface area (Å²) >= 11 is 1.37. The Morgan fingerprint density at radius 1 is 1.03 bits per heavy atom. The van der Waals surface area contributed by atoms with Gasteiger partial charge in [0.05, 0.1) is 18.0 Å². The van der Waals surface area contributed by atoms with Gasteiger partial charge in [0.15, 0.2) is 0 Å². The van der Waals surface area contributed by atoms with E-state index >= 15 is 0 Å². The molecule has 3 aromatic carbocycles. The van der Waals surface area contributed by atoms with Crippen LogP contribution in [0, 0.1) is 0 Å². The van der Waals surface area contributed by atoms with Crippen molar-refractivity contribution in [2.24, 2.45) is 0 Å². The first-order valence-electron chi connectivity index (χ1n) is 11.5. The lowest BCUT2D eigenvalue weighted by Crippen LogP contribution is -2.19. The highest BCUT2D eigenvalue weighted by atomic mass is 32.2. The molecule has 6 nitrogen and oxygen atoms in total. The summed E-state index contributed by atoms with van der Waals surface area (Å²) in [6.07, 6.45) is 2.24. The number of para-hydroxylation sites is 3. The predicted octanol–water partition coefficient (Wildman–Crippen LogP) is 6.02. The van der Waals surface area contributed by atoms with Gasteiger partial charge in [-0.15, -0.1) is 5.10 Å². The molecule has 0 aliphatic heterocycles. The Balaban J connectivity index is 1.45. The summed E-state index contributed by atoms with van der Waals surface area (Å²) in [6.45, 7) is 2.45. The maximum Gasteiger partial charge on any atom is 0.242 e.